The second-order valence-corrected chi connectivity index (χ2v) is 7.98. The van der Waals surface area contributed by atoms with Crippen LogP contribution in [0.2, 0.25) is 5.02 Å². The van der Waals surface area contributed by atoms with E-state index >= 15 is 0 Å². The van der Waals surface area contributed by atoms with Crippen LogP contribution in [-0.2, 0) is 9.36 Å². The van der Waals surface area contributed by atoms with E-state index in [9.17, 15) is 9.36 Å². The molecule has 1 atom stereocenters. The number of aliphatic hydroxyl groups excluding tert-OH is 1. The number of halogens is 1. The van der Waals surface area contributed by atoms with Gasteiger partial charge < -0.3 is 24.5 Å². The Balaban J connectivity index is 1.64. The smallest absolute Gasteiger partial charge is 0.257 e. The summed E-state index contributed by atoms with van der Waals surface area (Å²) in [7, 11) is -1.89. The average Bonchev–Trinajstić information content (AvgIpc) is 2.71. The van der Waals surface area contributed by atoms with Gasteiger partial charge in [-0.15, -0.1) is 0 Å². The van der Waals surface area contributed by atoms with Crippen LogP contribution in [0, 0.1) is 0 Å². The zero-order valence-electron chi connectivity index (χ0n) is 15.3. The summed E-state index contributed by atoms with van der Waals surface area (Å²) >= 11 is 5.84. The van der Waals surface area contributed by atoms with Crippen LogP contribution in [-0.4, -0.2) is 43.5 Å². The van der Waals surface area contributed by atoms with Crippen LogP contribution in [0.5, 0.6) is 17.2 Å². The average molecular weight is 427 g/mol. The van der Waals surface area contributed by atoms with E-state index in [-0.39, 0.29) is 19.1 Å². The van der Waals surface area contributed by atoms with E-state index in [0.29, 0.717) is 47.9 Å². The molecule has 2 aromatic rings. The van der Waals surface area contributed by atoms with Crippen molar-refractivity contribution in [1.82, 2.24) is 10.4 Å². The number of carbonyl (C=O) groups is 1. The molecule has 0 aromatic heterocycles. The number of benzene rings is 2. The second kappa shape index (κ2) is 12.4. The van der Waals surface area contributed by atoms with Crippen molar-refractivity contribution in [1.29, 1.82) is 0 Å². The van der Waals surface area contributed by atoms with Gasteiger partial charge in [0.15, 0.2) is 6.61 Å². The Labute approximate surface area is 169 Å². The third-order valence-corrected chi connectivity index (χ3v) is 5.28. The largest absolute Gasteiger partial charge is 0.484 e. The molecule has 28 heavy (non-hydrogen) atoms. The number of aliphatic hydroxyl groups is 1. The summed E-state index contributed by atoms with van der Waals surface area (Å²) in [4.78, 5) is 11.8. The number of ether oxygens (including phenoxy) is 2. The van der Waals surface area contributed by atoms with Crippen LogP contribution in [0.4, 0.5) is 0 Å². The van der Waals surface area contributed by atoms with E-state index in [2.05, 4.69) is 10.4 Å². The monoisotopic (exact) mass is 426 g/mol. The molecule has 7 nitrogen and oxygen atoms in total. The molecule has 3 N–H and O–H groups in total. The number of rotatable bonds is 12. The number of amides is 1. The highest BCUT2D eigenvalue weighted by Crippen LogP contribution is 2.25. The van der Waals surface area contributed by atoms with Gasteiger partial charge >= 0.3 is 0 Å². The molecule has 0 aliphatic carbocycles. The van der Waals surface area contributed by atoms with E-state index in [1.807, 2.05) is 0 Å². The Morgan fingerprint density at radius 2 is 1.61 bits per heavy atom. The molecule has 0 saturated heterocycles. The highest BCUT2D eigenvalue weighted by Gasteiger charge is 2.04. The van der Waals surface area contributed by atoms with Gasteiger partial charge in [0.05, 0.1) is 6.61 Å². The maximum Gasteiger partial charge on any atom is 0.257 e. The van der Waals surface area contributed by atoms with Crippen molar-refractivity contribution in [3.05, 3.63) is 53.6 Å². The summed E-state index contributed by atoms with van der Waals surface area (Å²) in [6.45, 7) is 0.600. The van der Waals surface area contributed by atoms with Crippen molar-refractivity contribution in [2.45, 2.75) is 6.42 Å². The molecule has 2 aromatic carbocycles. The quantitative estimate of drug-likeness (QED) is 0.356. The highest BCUT2D eigenvalue weighted by atomic mass is 35.5. The molecular formula is C19H24ClN2O5P. The van der Waals surface area contributed by atoms with Crippen LogP contribution >= 0.6 is 19.6 Å². The molecule has 0 bridgehead atoms. The van der Waals surface area contributed by atoms with Crippen molar-refractivity contribution in [2.75, 3.05) is 32.5 Å². The SMILES string of the molecule is O=C(COc1ccc(Oc2ccc(Cl)cc2)cc1)NCCC[PH](=O)NCCO. The van der Waals surface area contributed by atoms with Gasteiger partial charge in [-0.25, -0.2) is 0 Å². The van der Waals surface area contributed by atoms with Gasteiger partial charge in [-0.05, 0) is 55.0 Å². The van der Waals surface area contributed by atoms with Crippen molar-refractivity contribution >= 4 is 25.5 Å². The predicted octanol–water partition coefficient (Wildman–Crippen LogP) is 3.07. The molecule has 0 aliphatic rings. The number of hydrogen-bond donors (Lipinski definition) is 3. The minimum atomic E-state index is -1.89. The second-order valence-electron chi connectivity index (χ2n) is 5.84. The van der Waals surface area contributed by atoms with Crippen molar-refractivity contribution < 1.29 is 23.9 Å². The summed E-state index contributed by atoms with van der Waals surface area (Å²) in [5, 5.41) is 14.7. The minimum absolute atomic E-state index is 0.0429. The zero-order chi connectivity index (χ0) is 20.2. The molecular weight excluding hydrogens is 403 g/mol. The Hall–Kier alpha value is -2.05. The van der Waals surface area contributed by atoms with E-state index in [4.69, 9.17) is 26.2 Å². The van der Waals surface area contributed by atoms with Gasteiger partial charge in [0.25, 0.3) is 5.91 Å². The molecule has 0 spiro atoms. The fraction of sp³-hybridized carbons (Fsp3) is 0.316. The summed E-state index contributed by atoms with van der Waals surface area (Å²) in [6.07, 6.45) is 1.07. The topological polar surface area (TPSA) is 96.9 Å². The number of carbonyl (C=O) groups excluding carboxylic acids is 1. The first-order chi connectivity index (χ1) is 13.6. The molecule has 0 radical (unpaired) electrons. The van der Waals surface area contributed by atoms with E-state index in [1.165, 1.54) is 0 Å². The first-order valence-electron chi connectivity index (χ1n) is 8.87. The summed E-state index contributed by atoms with van der Waals surface area (Å²) in [6, 6.07) is 14.0. The first-order valence-corrected chi connectivity index (χ1v) is 10.9. The Morgan fingerprint density at radius 1 is 1.00 bits per heavy atom. The molecule has 0 heterocycles. The molecule has 0 fully saturated rings. The Morgan fingerprint density at radius 3 is 2.25 bits per heavy atom. The van der Waals surface area contributed by atoms with Gasteiger partial charge in [0, 0.05) is 24.3 Å². The normalized spacial score (nSPS) is 11.6. The molecule has 0 saturated carbocycles. The Kier molecular flexibility index (Phi) is 9.86. The first kappa shape index (κ1) is 22.2. The van der Waals surface area contributed by atoms with Crippen LogP contribution in [0.3, 0.4) is 0 Å². The van der Waals surface area contributed by atoms with Crippen molar-refractivity contribution in [3.63, 3.8) is 0 Å². The lowest BCUT2D eigenvalue weighted by Crippen LogP contribution is -2.30. The van der Waals surface area contributed by atoms with Crippen LogP contribution in [0.25, 0.3) is 0 Å². The summed E-state index contributed by atoms with van der Waals surface area (Å²) in [5.41, 5.74) is 0. The lowest BCUT2D eigenvalue weighted by atomic mass is 10.3. The van der Waals surface area contributed by atoms with Crippen LogP contribution < -0.4 is 19.9 Å². The maximum atomic E-state index is 11.8. The molecule has 9 heteroatoms. The number of nitrogens with one attached hydrogen (secondary N) is 2. The van der Waals surface area contributed by atoms with Gasteiger partial charge in [0.2, 0.25) is 0 Å². The molecule has 152 valence electrons. The van der Waals surface area contributed by atoms with E-state index in [1.54, 1.807) is 48.5 Å². The van der Waals surface area contributed by atoms with Gasteiger partial charge in [-0.2, -0.15) is 0 Å². The molecule has 2 rings (SSSR count). The lowest BCUT2D eigenvalue weighted by Gasteiger charge is -2.09. The standard InChI is InChI=1S/C19H24ClN2O5P/c20-15-2-4-17(5-3-15)27-18-8-6-16(7-9-18)26-14-19(24)21-10-1-13-28(25)22-11-12-23/h2-9,23,28H,1,10-14H2,(H,21,24)(H,22,25). The van der Waals surface area contributed by atoms with E-state index in [0.717, 1.165) is 0 Å². The fourth-order valence-electron chi connectivity index (χ4n) is 2.20. The predicted molar refractivity (Wildman–Crippen MR) is 110 cm³/mol. The minimum Gasteiger partial charge on any atom is -0.484 e. The maximum absolute atomic E-state index is 11.8. The fourth-order valence-corrected chi connectivity index (χ4v) is 3.39. The molecule has 0 aliphatic heterocycles. The van der Waals surface area contributed by atoms with Gasteiger partial charge in [-0.1, -0.05) is 11.6 Å². The lowest BCUT2D eigenvalue weighted by molar-refractivity contribution is -0.123. The van der Waals surface area contributed by atoms with E-state index < -0.39 is 7.95 Å². The van der Waals surface area contributed by atoms with Crippen LogP contribution in [0.1, 0.15) is 6.42 Å². The van der Waals surface area contributed by atoms with Crippen LogP contribution in [0.15, 0.2) is 48.5 Å². The number of hydrogen-bond acceptors (Lipinski definition) is 5. The van der Waals surface area contributed by atoms with Gasteiger partial charge in [-0.3, -0.25) is 9.88 Å². The third-order valence-electron chi connectivity index (χ3n) is 3.58. The van der Waals surface area contributed by atoms with Crippen molar-refractivity contribution in [2.24, 2.45) is 0 Å². The third kappa shape index (κ3) is 8.76. The zero-order valence-corrected chi connectivity index (χ0v) is 17.1. The van der Waals surface area contributed by atoms with Crippen molar-refractivity contribution in [3.8, 4) is 17.2 Å². The van der Waals surface area contributed by atoms with Gasteiger partial charge in [0.1, 0.15) is 25.2 Å². The Bertz CT molecular complexity index is 756. The summed E-state index contributed by atoms with van der Waals surface area (Å²) in [5.74, 6) is 1.62. The summed E-state index contributed by atoms with van der Waals surface area (Å²) < 4.78 is 22.7. The highest BCUT2D eigenvalue weighted by molar-refractivity contribution is 7.42. The molecule has 1 unspecified atom stereocenters. The molecule has 1 amide bonds.